The van der Waals surface area contributed by atoms with Gasteiger partial charge in [0.25, 0.3) is 0 Å². The first-order valence-electron chi connectivity index (χ1n) is 13.9. The van der Waals surface area contributed by atoms with Crippen molar-refractivity contribution in [1.82, 2.24) is 4.90 Å². The number of likely N-dealkylation sites (tertiary alicyclic amines) is 1. The summed E-state index contributed by atoms with van der Waals surface area (Å²) in [5.41, 5.74) is 1.26. The largest absolute Gasteiger partial charge is 0.493 e. The Bertz CT molecular complexity index is 1070. The fraction of sp³-hybridized carbons (Fsp3) is 0.800. The monoisotopic (exact) mass is 481 g/mol. The van der Waals surface area contributed by atoms with Crippen LogP contribution in [0.2, 0.25) is 0 Å². The van der Waals surface area contributed by atoms with E-state index in [9.17, 15) is 5.11 Å². The number of aliphatic hydroxyl groups is 1. The maximum atomic E-state index is 12.3. The summed E-state index contributed by atoms with van der Waals surface area (Å²) in [4.78, 5) is 2.86. The van der Waals surface area contributed by atoms with E-state index < -0.39 is 11.2 Å². The number of piperidine rings is 1. The van der Waals surface area contributed by atoms with Gasteiger partial charge in [0.1, 0.15) is 11.7 Å². The molecule has 35 heavy (non-hydrogen) atoms. The van der Waals surface area contributed by atoms with E-state index >= 15 is 0 Å². The van der Waals surface area contributed by atoms with Gasteiger partial charge in [-0.05, 0) is 81.4 Å². The smallest absolute Gasteiger partial charge is 0.165 e. The van der Waals surface area contributed by atoms with Crippen LogP contribution in [0.4, 0.5) is 0 Å². The zero-order valence-electron chi connectivity index (χ0n) is 22.4. The standard InChI is InChI=1S/C30H43NO4/c1-26(2,3)27(4,32)21-16-28-11-12-30(21,34-6)25-29(28)13-14-31(17-18-7-8-18)22(28)15-19-9-10-20(33-5)24(35-25)23(19)29/h9-10,18,21-22,25,32H,7-8,11-17H2,1-6H3/t21?,22-,25-,27?,28-,29+,30-/m1/s1. The quantitative estimate of drug-likeness (QED) is 0.660. The molecule has 2 unspecified atom stereocenters. The van der Waals surface area contributed by atoms with Gasteiger partial charge >= 0.3 is 0 Å². The maximum absolute atomic E-state index is 12.3. The van der Waals surface area contributed by atoms with Crippen molar-refractivity contribution in [2.45, 2.75) is 101 Å². The van der Waals surface area contributed by atoms with Crippen molar-refractivity contribution in [2.75, 3.05) is 27.3 Å². The van der Waals surface area contributed by atoms with E-state index in [0.717, 1.165) is 56.1 Å². The molecule has 0 radical (unpaired) electrons. The van der Waals surface area contributed by atoms with Gasteiger partial charge in [-0.15, -0.1) is 0 Å². The topological polar surface area (TPSA) is 51.2 Å². The predicted octanol–water partition coefficient (Wildman–Crippen LogP) is 4.72. The van der Waals surface area contributed by atoms with Crippen LogP contribution in [-0.4, -0.2) is 60.7 Å². The Morgan fingerprint density at radius 3 is 2.54 bits per heavy atom. The van der Waals surface area contributed by atoms with E-state index in [1.807, 2.05) is 7.11 Å². The van der Waals surface area contributed by atoms with Crippen LogP contribution in [0.5, 0.6) is 11.5 Å². The van der Waals surface area contributed by atoms with E-state index in [2.05, 4.69) is 44.7 Å². The molecule has 0 aromatic heterocycles. The number of hydrogen-bond acceptors (Lipinski definition) is 5. The molecule has 5 heteroatoms. The fourth-order valence-electron chi connectivity index (χ4n) is 9.73. The lowest BCUT2D eigenvalue weighted by Crippen LogP contribution is -2.83. The molecule has 0 amide bonds. The van der Waals surface area contributed by atoms with Crippen molar-refractivity contribution in [1.29, 1.82) is 0 Å². The highest BCUT2D eigenvalue weighted by Crippen LogP contribution is 2.78. The minimum atomic E-state index is -0.879. The highest BCUT2D eigenvalue weighted by molar-refractivity contribution is 5.63. The minimum Gasteiger partial charge on any atom is -0.493 e. The van der Waals surface area contributed by atoms with Crippen molar-refractivity contribution in [3.8, 4) is 11.5 Å². The lowest BCUT2D eigenvalue weighted by molar-refractivity contribution is -0.312. The summed E-state index contributed by atoms with van der Waals surface area (Å²) >= 11 is 0. The molecule has 2 heterocycles. The summed E-state index contributed by atoms with van der Waals surface area (Å²) in [6, 6.07) is 4.93. The molecular weight excluding hydrogens is 438 g/mol. The molecule has 4 saturated carbocycles. The second-order valence-electron chi connectivity index (χ2n) is 14.0. The Labute approximate surface area is 210 Å². The molecule has 5 fully saturated rings. The maximum Gasteiger partial charge on any atom is 0.165 e. The van der Waals surface area contributed by atoms with Crippen LogP contribution < -0.4 is 9.47 Å². The Kier molecular flexibility index (Phi) is 4.42. The summed E-state index contributed by atoms with van der Waals surface area (Å²) in [6.45, 7) is 11.0. The first-order chi connectivity index (χ1) is 16.6. The van der Waals surface area contributed by atoms with Crippen molar-refractivity contribution in [3.63, 3.8) is 0 Å². The minimum absolute atomic E-state index is 0.0112. The SMILES string of the molecule is COc1ccc2c3c1O[C@@H]1[C@]34CCN(CC3CC3)[C@H](C2)[C@]42CC[C@@]1(OC)C(C(C)(O)C(C)(C)C)C2. The zero-order valence-corrected chi connectivity index (χ0v) is 22.4. The molecule has 1 N–H and O–H groups in total. The number of rotatable bonds is 5. The second kappa shape index (κ2) is 6.76. The van der Waals surface area contributed by atoms with Gasteiger partial charge in [-0.2, -0.15) is 0 Å². The lowest BCUT2D eigenvalue weighted by Gasteiger charge is -2.75. The first kappa shape index (κ1) is 22.9. The molecule has 7 aliphatic rings. The first-order valence-corrected chi connectivity index (χ1v) is 13.9. The summed E-state index contributed by atoms with van der Waals surface area (Å²) in [5.74, 6) is 2.71. The number of fused-ring (bicyclic) bond motifs is 2. The van der Waals surface area contributed by atoms with E-state index in [-0.39, 0.29) is 28.3 Å². The van der Waals surface area contributed by atoms with Gasteiger partial charge < -0.3 is 19.3 Å². The van der Waals surface area contributed by atoms with E-state index in [0.29, 0.717) is 6.04 Å². The number of hydrogen-bond donors (Lipinski definition) is 1. The van der Waals surface area contributed by atoms with Gasteiger partial charge in [-0.1, -0.05) is 26.8 Å². The van der Waals surface area contributed by atoms with Crippen molar-refractivity contribution >= 4 is 0 Å². The normalized spacial score (nSPS) is 42.9. The molecule has 192 valence electrons. The third-order valence-corrected chi connectivity index (χ3v) is 12.1. The Morgan fingerprint density at radius 2 is 1.89 bits per heavy atom. The Balaban J connectivity index is 1.48. The number of benzene rings is 1. The van der Waals surface area contributed by atoms with Gasteiger partial charge in [-0.3, -0.25) is 4.90 Å². The molecule has 2 aliphatic heterocycles. The van der Waals surface area contributed by atoms with Crippen LogP contribution in [0.15, 0.2) is 12.1 Å². The molecule has 2 spiro atoms. The van der Waals surface area contributed by atoms with Crippen LogP contribution in [0.25, 0.3) is 0 Å². The molecule has 1 aromatic carbocycles. The van der Waals surface area contributed by atoms with Crippen molar-refractivity contribution in [3.05, 3.63) is 23.3 Å². The van der Waals surface area contributed by atoms with Crippen LogP contribution in [-0.2, 0) is 16.6 Å². The Morgan fingerprint density at radius 1 is 1.11 bits per heavy atom. The van der Waals surface area contributed by atoms with Gasteiger partial charge in [0.2, 0.25) is 0 Å². The molecular formula is C30H43NO4. The summed E-state index contributed by atoms with van der Waals surface area (Å²) in [6.07, 6.45) is 8.00. The third kappa shape index (κ3) is 2.47. The lowest BCUT2D eigenvalue weighted by atomic mass is 9.33. The van der Waals surface area contributed by atoms with Crippen LogP contribution in [0, 0.1) is 22.7 Å². The number of ether oxygens (including phenoxy) is 3. The Hall–Kier alpha value is -1.30. The van der Waals surface area contributed by atoms with Crippen LogP contribution in [0.3, 0.4) is 0 Å². The molecule has 1 saturated heterocycles. The summed E-state index contributed by atoms with van der Waals surface area (Å²) < 4.78 is 19.6. The van der Waals surface area contributed by atoms with Gasteiger partial charge in [0.15, 0.2) is 11.5 Å². The van der Waals surface area contributed by atoms with Crippen LogP contribution in [0.1, 0.15) is 77.3 Å². The summed E-state index contributed by atoms with van der Waals surface area (Å²) in [5, 5.41) is 12.3. The highest BCUT2D eigenvalue weighted by Gasteiger charge is 2.82. The molecule has 5 nitrogen and oxygen atoms in total. The van der Waals surface area contributed by atoms with Gasteiger partial charge in [0.05, 0.1) is 12.7 Å². The summed E-state index contributed by atoms with van der Waals surface area (Å²) in [7, 11) is 3.63. The molecule has 7 atom stereocenters. The van der Waals surface area contributed by atoms with Crippen molar-refractivity contribution in [2.24, 2.45) is 22.7 Å². The number of nitrogens with zero attached hydrogens (tertiary/aromatic N) is 1. The van der Waals surface area contributed by atoms with Gasteiger partial charge in [0, 0.05) is 42.0 Å². The molecule has 5 aliphatic carbocycles. The predicted molar refractivity (Wildman–Crippen MR) is 135 cm³/mol. The van der Waals surface area contributed by atoms with E-state index in [4.69, 9.17) is 14.2 Å². The molecule has 4 bridgehead atoms. The average Bonchev–Trinajstić information content (AvgIpc) is 3.56. The third-order valence-electron chi connectivity index (χ3n) is 12.1. The van der Waals surface area contributed by atoms with E-state index in [1.165, 1.54) is 30.5 Å². The molecule has 1 aromatic rings. The fourth-order valence-corrected chi connectivity index (χ4v) is 9.73. The van der Waals surface area contributed by atoms with Crippen molar-refractivity contribution < 1.29 is 19.3 Å². The molecule has 8 rings (SSSR count). The number of methoxy groups -OCH3 is 2. The van der Waals surface area contributed by atoms with E-state index in [1.54, 1.807) is 7.11 Å². The second-order valence-corrected chi connectivity index (χ2v) is 14.0. The zero-order chi connectivity index (χ0) is 24.6. The van der Waals surface area contributed by atoms with Crippen LogP contribution >= 0.6 is 0 Å². The van der Waals surface area contributed by atoms with Gasteiger partial charge in [-0.25, -0.2) is 0 Å². The average molecular weight is 482 g/mol. The highest BCUT2D eigenvalue weighted by atomic mass is 16.6.